The molecular formula is C14H25NOS. The summed E-state index contributed by atoms with van der Waals surface area (Å²) in [5.41, 5.74) is -0.0342. The summed E-state index contributed by atoms with van der Waals surface area (Å²) in [6, 6.07) is 4.71. The fourth-order valence-electron chi connectivity index (χ4n) is 2.52. The molecule has 1 aromatic rings. The molecule has 0 fully saturated rings. The molecule has 0 saturated carbocycles. The minimum atomic E-state index is -0.0342. The molecule has 3 heteroatoms. The van der Waals surface area contributed by atoms with Crippen molar-refractivity contribution in [2.24, 2.45) is 0 Å². The third kappa shape index (κ3) is 3.54. The van der Waals surface area contributed by atoms with Crippen molar-refractivity contribution < 1.29 is 4.74 Å². The summed E-state index contributed by atoms with van der Waals surface area (Å²) in [6.07, 6.45) is 3.15. The molecule has 98 valence electrons. The lowest BCUT2D eigenvalue weighted by atomic mass is 9.86. The van der Waals surface area contributed by atoms with Gasteiger partial charge in [-0.1, -0.05) is 19.9 Å². The van der Waals surface area contributed by atoms with Crippen molar-refractivity contribution in [1.82, 2.24) is 5.32 Å². The lowest BCUT2D eigenvalue weighted by molar-refractivity contribution is -0.0702. The van der Waals surface area contributed by atoms with Gasteiger partial charge in [0.25, 0.3) is 0 Å². The average Bonchev–Trinajstić information content (AvgIpc) is 2.86. The first-order valence-electron chi connectivity index (χ1n) is 6.56. The fraction of sp³-hybridized carbons (Fsp3) is 0.714. The summed E-state index contributed by atoms with van der Waals surface area (Å²) < 4.78 is 6.07. The Hall–Kier alpha value is -0.380. The van der Waals surface area contributed by atoms with E-state index in [4.69, 9.17) is 4.74 Å². The van der Waals surface area contributed by atoms with Gasteiger partial charge in [0.15, 0.2) is 0 Å². The van der Waals surface area contributed by atoms with Crippen molar-refractivity contribution in [3.05, 3.63) is 22.4 Å². The number of rotatable bonds is 8. The first kappa shape index (κ1) is 14.7. The van der Waals surface area contributed by atoms with E-state index in [1.54, 1.807) is 0 Å². The summed E-state index contributed by atoms with van der Waals surface area (Å²) in [6.45, 7) is 7.30. The summed E-state index contributed by atoms with van der Waals surface area (Å²) in [5, 5.41) is 5.59. The van der Waals surface area contributed by atoms with Crippen LogP contribution in [0, 0.1) is 0 Å². The van der Waals surface area contributed by atoms with Gasteiger partial charge in [-0.2, -0.15) is 0 Å². The summed E-state index contributed by atoms with van der Waals surface area (Å²) in [4.78, 5) is 1.43. The van der Waals surface area contributed by atoms with E-state index in [1.165, 1.54) is 4.88 Å². The van der Waals surface area contributed by atoms with Gasteiger partial charge in [-0.25, -0.2) is 0 Å². The standard InChI is InChI=1S/C14H25NOS/c1-5-14(6-2,16-7-3)13(15-4)11-12-9-8-10-17-12/h8-10,13,15H,5-7,11H2,1-4H3. The summed E-state index contributed by atoms with van der Waals surface area (Å²) >= 11 is 1.83. The van der Waals surface area contributed by atoms with E-state index < -0.39 is 0 Å². The first-order chi connectivity index (χ1) is 8.22. The molecule has 1 aromatic heterocycles. The maximum atomic E-state index is 6.07. The second-order valence-electron chi connectivity index (χ2n) is 4.33. The van der Waals surface area contributed by atoms with Crippen LogP contribution in [0.25, 0.3) is 0 Å². The van der Waals surface area contributed by atoms with Crippen LogP contribution in [0.4, 0.5) is 0 Å². The van der Waals surface area contributed by atoms with Crippen LogP contribution in [0.2, 0.25) is 0 Å². The van der Waals surface area contributed by atoms with Gasteiger partial charge in [-0.05, 0) is 44.7 Å². The molecule has 0 aliphatic carbocycles. The molecule has 0 aromatic carbocycles. The number of ether oxygens (including phenoxy) is 1. The second-order valence-corrected chi connectivity index (χ2v) is 5.36. The summed E-state index contributed by atoms with van der Waals surface area (Å²) in [7, 11) is 2.04. The zero-order valence-electron chi connectivity index (χ0n) is 11.5. The van der Waals surface area contributed by atoms with Crippen molar-refractivity contribution >= 4 is 11.3 Å². The fourth-order valence-corrected chi connectivity index (χ4v) is 3.27. The quantitative estimate of drug-likeness (QED) is 0.768. The zero-order valence-corrected chi connectivity index (χ0v) is 12.3. The molecule has 0 spiro atoms. The van der Waals surface area contributed by atoms with Gasteiger partial charge in [0.1, 0.15) is 0 Å². The van der Waals surface area contributed by atoms with Crippen LogP contribution in [0.1, 0.15) is 38.5 Å². The predicted molar refractivity (Wildman–Crippen MR) is 75.8 cm³/mol. The number of thiophene rings is 1. The molecule has 0 aliphatic heterocycles. The zero-order chi connectivity index (χ0) is 12.7. The van der Waals surface area contributed by atoms with Gasteiger partial charge < -0.3 is 10.1 Å². The van der Waals surface area contributed by atoms with Crippen LogP contribution in [0.5, 0.6) is 0 Å². The minimum Gasteiger partial charge on any atom is -0.374 e. The van der Waals surface area contributed by atoms with Gasteiger partial charge in [-0.3, -0.25) is 0 Å². The highest BCUT2D eigenvalue weighted by Gasteiger charge is 2.35. The monoisotopic (exact) mass is 255 g/mol. The van der Waals surface area contributed by atoms with Gasteiger partial charge in [0.05, 0.1) is 5.60 Å². The van der Waals surface area contributed by atoms with Crippen molar-refractivity contribution in [3.63, 3.8) is 0 Å². The van der Waals surface area contributed by atoms with Crippen molar-refractivity contribution in [3.8, 4) is 0 Å². The SMILES string of the molecule is CCOC(CC)(CC)C(Cc1cccs1)NC. The molecule has 1 atom stereocenters. The Morgan fingerprint density at radius 1 is 1.35 bits per heavy atom. The Kier molecular flexibility index (Phi) is 6.17. The minimum absolute atomic E-state index is 0.0342. The van der Waals surface area contributed by atoms with Crippen LogP contribution in [0.15, 0.2) is 17.5 Å². The van der Waals surface area contributed by atoms with Crippen LogP contribution >= 0.6 is 11.3 Å². The molecule has 1 heterocycles. The molecule has 0 amide bonds. The van der Waals surface area contributed by atoms with Gasteiger partial charge in [0, 0.05) is 17.5 Å². The van der Waals surface area contributed by atoms with Crippen LogP contribution in [-0.4, -0.2) is 25.3 Å². The second kappa shape index (κ2) is 7.14. The third-order valence-corrected chi connectivity index (χ3v) is 4.50. The maximum Gasteiger partial charge on any atom is 0.0832 e. The van der Waals surface area contributed by atoms with Crippen LogP contribution < -0.4 is 5.32 Å². The lowest BCUT2D eigenvalue weighted by Gasteiger charge is -2.39. The highest BCUT2D eigenvalue weighted by Crippen LogP contribution is 2.28. The molecular weight excluding hydrogens is 230 g/mol. The van der Waals surface area contributed by atoms with Gasteiger partial charge in [0.2, 0.25) is 0 Å². The molecule has 0 aliphatic rings. The Bertz CT molecular complexity index is 293. The number of likely N-dealkylation sites (N-methyl/N-ethyl adjacent to an activating group) is 1. The topological polar surface area (TPSA) is 21.3 Å². The Morgan fingerprint density at radius 2 is 2.06 bits per heavy atom. The number of hydrogen-bond acceptors (Lipinski definition) is 3. The largest absolute Gasteiger partial charge is 0.374 e. The van der Waals surface area contributed by atoms with E-state index in [-0.39, 0.29) is 5.60 Å². The van der Waals surface area contributed by atoms with Crippen molar-refractivity contribution in [2.75, 3.05) is 13.7 Å². The predicted octanol–water partition coefficient (Wildman–Crippen LogP) is 3.47. The number of nitrogens with one attached hydrogen (secondary N) is 1. The lowest BCUT2D eigenvalue weighted by Crippen LogP contribution is -2.52. The van der Waals surface area contributed by atoms with E-state index in [0.29, 0.717) is 6.04 Å². The summed E-state index contributed by atoms with van der Waals surface area (Å²) in [5.74, 6) is 0. The van der Waals surface area contributed by atoms with E-state index in [9.17, 15) is 0 Å². The average molecular weight is 255 g/mol. The van der Waals surface area contributed by atoms with E-state index in [1.807, 2.05) is 18.4 Å². The van der Waals surface area contributed by atoms with E-state index in [0.717, 1.165) is 25.9 Å². The third-order valence-electron chi connectivity index (χ3n) is 3.60. The van der Waals surface area contributed by atoms with Gasteiger partial charge >= 0.3 is 0 Å². The first-order valence-corrected chi connectivity index (χ1v) is 7.44. The van der Waals surface area contributed by atoms with E-state index >= 15 is 0 Å². The van der Waals surface area contributed by atoms with Crippen molar-refractivity contribution in [2.45, 2.75) is 51.7 Å². The highest BCUT2D eigenvalue weighted by molar-refractivity contribution is 7.09. The molecule has 0 bridgehead atoms. The Balaban J connectivity index is 2.80. The molecule has 0 saturated heterocycles. The molecule has 1 unspecified atom stereocenters. The Morgan fingerprint density at radius 3 is 2.47 bits per heavy atom. The number of hydrogen-bond donors (Lipinski definition) is 1. The molecule has 1 N–H and O–H groups in total. The smallest absolute Gasteiger partial charge is 0.0832 e. The van der Waals surface area contributed by atoms with Crippen LogP contribution in [0.3, 0.4) is 0 Å². The maximum absolute atomic E-state index is 6.07. The molecule has 1 rings (SSSR count). The van der Waals surface area contributed by atoms with Gasteiger partial charge in [-0.15, -0.1) is 11.3 Å². The molecule has 0 radical (unpaired) electrons. The van der Waals surface area contributed by atoms with Crippen molar-refractivity contribution in [1.29, 1.82) is 0 Å². The molecule has 2 nitrogen and oxygen atoms in total. The van der Waals surface area contributed by atoms with E-state index in [2.05, 4.69) is 43.6 Å². The normalized spacial score (nSPS) is 13.9. The Labute approximate surface area is 109 Å². The molecule has 17 heavy (non-hydrogen) atoms. The highest BCUT2D eigenvalue weighted by atomic mass is 32.1. The van der Waals surface area contributed by atoms with Crippen LogP contribution in [-0.2, 0) is 11.2 Å².